The van der Waals surface area contributed by atoms with Crippen molar-refractivity contribution in [2.45, 2.75) is 31.9 Å². The average Bonchev–Trinajstić information content (AvgIpc) is 3.02. The molecule has 1 saturated heterocycles. The topological polar surface area (TPSA) is 67.4 Å². The van der Waals surface area contributed by atoms with Crippen LogP contribution in [-0.4, -0.2) is 37.1 Å². The fourth-order valence-electron chi connectivity index (χ4n) is 2.29. The Balaban J connectivity index is 1.79. The smallest absolute Gasteiger partial charge is 0.251 e. The van der Waals surface area contributed by atoms with E-state index >= 15 is 0 Å². The van der Waals surface area contributed by atoms with Gasteiger partial charge in [0.15, 0.2) is 0 Å². The maximum atomic E-state index is 11.9. The fraction of sp³-hybridized carbons (Fsp3) is 0.467. The van der Waals surface area contributed by atoms with E-state index in [0.717, 1.165) is 19.4 Å². The summed E-state index contributed by atoms with van der Waals surface area (Å²) in [4.78, 5) is 23.8. The van der Waals surface area contributed by atoms with Crippen LogP contribution in [0.5, 0.6) is 0 Å². The van der Waals surface area contributed by atoms with Gasteiger partial charge in [-0.1, -0.05) is 23.2 Å². The number of ether oxygens (including phenoxy) is 1. The van der Waals surface area contributed by atoms with Crippen LogP contribution in [0, 0.1) is 0 Å². The Morgan fingerprint density at radius 2 is 2.14 bits per heavy atom. The van der Waals surface area contributed by atoms with Gasteiger partial charge in [0.2, 0.25) is 5.91 Å². The molecule has 5 nitrogen and oxygen atoms in total. The second-order valence-corrected chi connectivity index (χ2v) is 6.03. The number of carbonyl (C=O) groups excluding carboxylic acids is 2. The van der Waals surface area contributed by atoms with Crippen LogP contribution in [0.1, 0.15) is 30.1 Å². The van der Waals surface area contributed by atoms with Gasteiger partial charge in [0.25, 0.3) is 5.91 Å². The predicted octanol–water partition coefficient (Wildman–Crippen LogP) is 2.41. The third-order valence-corrected chi connectivity index (χ3v) is 4.24. The molecule has 1 aliphatic heterocycles. The maximum absolute atomic E-state index is 11.9. The van der Waals surface area contributed by atoms with Crippen molar-refractivity contribution in [3.05, 3.63) is 33.8 Å². The standard InChI is InChI=1S/C15H18Cl2N2O3/c1-9(13-3-2-6-22-13)19-14(20)8-18-15(21)10-4-5-11(16)12(17)7-10/h4-5,7,9,13H,2-3,6,8H2,1H3,(H,18,21)(H,19,20). The molecule has 1 aliphatic rings. The van der Waals surface area contributed by atoms with Crippen LogP contribution in [0.4, 0.5) is 0 Å². The first kappa shape index (κ1) is 17.1. The summed E-state index contributed by atoms with van der Waals surface area (Å²) in [5, 5.41) is 6.04. The van der Waals surface area contributed by atoms with Gasteiger partial charge < -0.3 is 15.4 Å². The van der Waals surface area contributed by atoms with Crippen molar-refractivity contribution in [3.8, 4) is 0 Å². The summed E-state index contributed by atoms with van der Waals surface area (Å²) in [6.07, 6.45) is 2.01. The Labute approximate surface area is 139 Å². The molecule has 2 unspecified atom stereocenters. The molecule has 2 atom stereocenters. The Morgan fingerprint density at radius 1 is 1.36 bits per heavy atom. The van der Waals surface area contributed by atoms with Crippen molar-refractivity contribution in [2.75, 3.05) is 13.2 Å². The summed E-state index contributed by atoms with van der Waals surface area (Å²) in [5.74, 6) is -0.630. The number of nitrogens with one attached hydrogen (secondary N) is 2. The number of hydrogen-bond acceptors (Lipinski definition) is 3. The number of benzene rings is 1. The number of rotatable bonds is 5. The van der Waals surface area contributed by atoms with Crippen LogP contribution in [0.15, 0.2) is 18.2 Å². The van der Waals surface area contributed by atoms with Gasteiger partial charge in [-0.05, 0) is 38.0 Å². The zero-order valence-corrected chi connectivity index (χ0v) is 13.7. The summed E-state index contributed by atoms with van der Waals surface area (Å²) in [5.41, 5.74) is 0.356. The van der Waals surface area contributed by atoms with E-state index in [1.165, 1.54) is 6.07 Å². The Hall–Kier alpha value is -1.30. The van der Waals surface area contributed by atoms with E-state index in [2.05, 4.69) is 10.6 Å². The lowest BCUT2D eigenvalue weighted by Crippen LogP contribution is -2.45. The van der Waals surface area contributed by atoms with Crippen molar-refractivity contribution in [2.24, 2.45) is 0 Å². The highest BCUT2D eigenvalue weighted by Crippen LogP contribution is 2.22. The zero-order chi connectivity index (χ0) is 16.1. The van der Waals surface area contributed by atoms with E-state index in [-0.39, 0.29) is 30.5 Å². The van der Waals surface area contributed by atoms with E-state index in [1.54, 1.807) is 12.1 Å². The van der Waals surface area contributed by atoms with Crippen LogP contribution in [-0.2, 0) is 9.53 Å². The molecule has 0 radical (unpaired) electrons. The first-order valence-electron chi connectivity index (χ1n) is 7.11. The monoisotopic (exact) mass is 344 g/mol. The van der Waals surface area contributed by atoms with Crippen LogP contribution < -0.4 is 10.6 Å². The molecule has 0 aromatic heterocycles. The molecule has 0 bridgehead atoms. The van der Waals surface area contributed by atoms with Crippen LogP contribution >= 0.6 is 23.2 Å². The first-order chi connectivity index (χ1) is 10.5. The average molecular weight is 345 g/mol. The minimum absolute atomic E-state index is 0.0507. The molecule has 1 heterocycles. The maximum Gasteiger partial charge on any atom is 0.251 e. The van der Waals surface area contributed by atoms with E-state index in [0.29, 0.717) is 15.6 Å². The molecule has 2 rings (SSSR count). The molecule has 0 aliphatic carbocycles. The Bertz CT molecular complexity index is 560. The summed E-state index contributed by atoms with van der Waals surface area (Å²) in [7, 11) is 0. The highest BCUT2D eigenvalue weighted by atomic mass is 35.5. The van der Waals surface area contributed by atoms with Gasteiger partial charge in [-0.15, -0.1) is 0 Å². The van der Waals surface area contributed by atoms with E-state index < -0.39 is 0 Å². The third kappa shape index (κ3) is 4.60. The van der Waals surface area contributed by atoms with Crippen molar-refractivity contribution in [1.82, 2.24) is 10.6 Å². The normalized spacial score (nSPS) is 18.8. The number of halogens is 2. The molecular weight excluding hydrogens is 327 g/mol. The van der Waals surface area contributed by atoms with Crippen LogP contribution in [0.3, 0.4) is 0 Å². The minimum Gasteiger partial charge on any atom is -0.376 e. The number of carbonyl (C=O) groups is 2. The molecule has 0 saturated carbocycles. The van der Waals surface area contributed by atoms with E-state index in [1.807, 2.05) is 6.92 Å². The van der Waals surface area contributed by atoms with Crippen molar-refractivity contribution >= 4 is 35.0 Å². The second-order valence-electron chi connectivity index (χ2n) is 5.22. The third-order valence-electron chi connectivity index (χ3n) is 3.50. The number of hydrogen-bond donors (Lipinski definition) is 2. The van der Waals surface area contributed by atoms with Gasteiger partial charge in [-0.2, -0.15) is 0 Å². The van der Waals surface area contributed by atoms with Gasteiger partial charge in [0.1, 0.15) is 0 Å². The van der Waals surface area contributed by atoms with Crippen molar-refractivity contribution in [3.63, 3.8) is 0 Å². The first-order valence-corrected chi connectivity index (χ1v) is 7.87. The lowest BCUT2D eigenvalue weighted by molar-refractivity contribution is -0.121. The summed E-state index contributed by atoms with van der Waals surface area (Å²) >= 11 is 11.6. The quantitative estimate of drug-likeness (QED) is 0.861. The SMILES string of the molecule is CC(NC(=O)CNC(=O)c1ccc(Cl)c(Cl)c1)C1CCCO1. The van der Waals surface area contributed by atoms with Crippen molar-refractivity contribution in [1.29, 1.82) is 0 Å². The van der Waals surface area contributed by atoms with Gasteiger partial charge in [0, 0.05) is 12.2 Å². The molecule has 22 heavy (non-hydrogen) atoms. The van der Waals surface area contributed by atoms with Gasteiger partial charge >= 0.3 is 0 Å². The molecule has 1 fully saturated rings. The van der Waals surface area contributed by atoms with Gasteiger partial charge in [-0.3, -0.25) is 9.59 Å². The lowest BCUT2D eigenvalue weighted by Gasteiger charge is -2.20. The van der Waals surface area contributed by atoms with Crippen LogP contribution in [0.25, 0.3) is 0 Å². The highest BCUT2D eigenvalue weighted by molar-refractivity contribution is 6.42. The zero-order valence-electron chi connectivity index (χ0n) is 12.2. The lowest BCUT2D eigenvalue weighted by atomic mass is 10.1. The van der Waals surface area contributed by atoms with Crippen molar-refractivity contribution < 1.29 is 14.3 Å². The molecular formula is C15H18Cl2N2O3. The molecule has 2 N–H and O–H groups in total. The highest BCUT2D eigenvalue weighted by Gasteiger charge is 2.23. The van der Waals surface area contributed by atoms with Crippen LogP contribution in [0.2, 0.25) is 10.0 Å². The Kier molecular flexibility index (Phi) is 6.06. The minimum atomic E-state index is -0.376. The molecule has 1 aromatic carbocycles. The molecule has 0 spiro atoms. The largest absolute Gasteiger partial charge is 0.376 e. The van der Waals surface area contributed by atoms with E-state index in [9.17, 15) is 9.59 Å². The predicted molar refractivity (Wildman–Crippen MR) is 85.4 cm³/mol. The van der Waals surface area contributed by atoms with Gasteiger partial charge in [0.05, 0.1) is 28.7 Å². The molecule has 120 valence electrons. The Morgan fingerprint density at radius 3 is 2.77 bits per heavy atom. The summed E-state index contributed by atoms with van der Waals surface area (Å²) < 4.78 is 5.51. The summed E-state index contributed by atoms with van der Waals surface area (Å²) in [6, 6.07) is 4.48. The molecule has 1 aromatic rings. The summed E-state index contributed by atoms with van der Waals surface area (Å²) in [6.45, 7) is 2.53. The second kappa shape index (κ2) is 7.81. The number of amides is 2. The van der Waals surface area contributed by atoms with Gasteiger partial charge in [-0.25, -0.2) is 0 Å². The molecule has 2 amide bonds. The molecule has 7 heteroatoms. The fourth-order valence-corrected chi connectivity index (χ4v) is 2.59. The van der Waals surface area contributed by atoms with E-state index in [4.69, 9.17) is 27.9 Å².